The van der Waals surface area contributed by atoms with Crippen LogP contribution >= 0.6 is 0 Å². The number of hydrogen-bond acceptors (Lipinski definition) is 3. The molecule has 1 aromatic carbocycles. The SMILES string of the molecule is C=CCOc1cc(CNC)nc2ccccc12. The molecule has 3 heteroatoms. The minimum Gasteiger partial charge on any atom is -0.489 e. The Kier molecular flexibility index (Phi) is 3.73. The lowest BCUT2D eigenvalue weighted by atomic mass is 10.2. The molecule has 2 aromatic rings. The number of aromatic nitrogens is 1. The number of rotatable bonds is 5. The highest BCUT2D eigenvalue weighted by atomic mass is 16.5. The summed E-state index contributed by atoms with van der Waals surface area (Å²) >= 11 is 0. The van der Waals surface area contributed by atoms with Crippen LogP contribution in [-0.4, -0.2) is 18.6 Å². The Bertz CT molecular complexity index is 523. The van der Waals surface area contributed by atoms with Crippen molar-refractivity contribution >= 4 is 10.9 Å². The summed E-state index contributed by atoms with van der Waals surface area (Å²) in [5, 5.41) is 4.13. The van der Waals surface area contributed by atoms with Crippen molar-refractivity contribution in [2.24, 2.45) is 0 Å². The Morgan fingerprint density at radius 3 is 3.00 bits per heavy atom. The van der Waals surface area contributed by atoms with Gasteiger partial charge in [0.25, 0.3) is 0 Å². The average Bonchev–Trinajstić information content (AvgIpc) is 2.36. The van der Waals surface area contributed by atoms with E-state index in [1.54, 1.807) is 6.08 Å². The molecular weight excluding hydrogens is 212 g/mol. The van der Waals surface area contributed by atoms with Gasteiger partial charge in [-0.1, -0.05) is 24.8 Å². The summed E-state index contributed by atoms with van der Waals surface area (Å²) in [6.45, 7) is 4.90. The highest BCUT2D eigenvalue weighted by molar-refractivity contribution is 5.85. The van der Waals surface area contributed by atoms with Gasteiger partial charge < -0.3 is 10.1 Å². The number of para-hydroxylation sites is 1. The minimum absolute atomic E-state index is 0.507. The van der Waals surface area contributed by atoms with Gasteiger partial charge in [-0.15, -0.1) is 0 Å². The standard InChI is InChI=1S/C14H16N2O/c1-3-8-17-14-9-11(10-15-2)16-13-7-5-4-6-12(13)14/h3-7,9,15H,1,8,10H2,2H3. The van der Waals surface area contributed by atoms with Crippen molar-refractivity contribution in [1.82, 2.24) is 10.3 Å². The Balaban J connectivity index is 2.48. The number of pyridine rings is 1. The van der Waals surface area contributed by atoms with E-state index in [0.717, 1.165) is 28.9 Å². The molecule has 3 nitrogen and oxygen atoms in total. The van der Waals surface area contributed by atoms with Crippen LogP contribution in [0, 0.1) is 0 Å². The van der Waals surface area contributed by atoms with Crippen LogP contribution in [0.15, 0.2) is 43.0 Å². The molecule has 0 amide bonds. The van der Waals surface area contributed by atoms with Gasteiger partial charge in [-0.25, -0.2) is 0 Å². The van der Waals surface area contributed by atoms with E-state index in [0.29, 0.717) is 6.61 Å². The van der Waals surface area contributed by atoms with Gasteiger partial charge in [0.05, 0.1) is 11.2 Å². The molecule has 0 aliphatic rings. The van der Waals surface area contributed by atoms with Crippen molar-refractivity contribution in [2.45, 2.75) is 6.54 Å². The third kappa shape index (κ3) is 2.63. The molecule has 2 rings (SSSR count). The van der Waals surface area contributed by atoms with Crippen LogP contribution in [0.2, 0.25) is 0 Å². The Hall–Kier alpha value is -1.87. The van der Waals surface area contributed by atoms with Gasteiger partial charge in [0.2, 0.25) is 0 Å². The lowest BCUT2D eigenvalue weighted by Crippen LogP contribution is -2.07. The van der Waals surface area contributed by atoms with Gasteiger partial charge in [0.1, 0.15) is 12.4 Å². The Labute approximate surface area is 101 Å². The molecule has 0 spiro atoms. The molecule has 1 heterocycles. The number of ether oxygens (including phenoxy) is 1. The maximum atomic E-state index is 5.67. The third-order valence-corrected chi connectivity index (χ3v) is 2.45. The zero-order valence-corrected chi connectivity index (χ0v) is 9.94. The second kappa shape index (κ2) is 5.46. The molecule has 0 fully saturated rings. The lowest BCUT2D eigenvalue weighted by Gasteiger charge is -2.09. The van der Waals surface area contributed by atoms with Gasteiger partial charge in [-0.2, -0.15) is 0 Å². The van der Waals surface area contributed by atoms with Crippen LogP contribution in [0.25, 0.3) is 10.9 Å². The third-order valence-electron chi connectivity index (χ3n) is 2.45. The van der Waals surface area contributed by atoms with Gasteiger partial charge in [-0.3, -0.25) is 4.98 Å². The summed E-state index contributed by atoms with van der Waals surface area (Å²) in [6.07, 6.45) is 1.74. The van der Waals surface area contributed by atoms with Crippen LogP contribution in [-0.2, 0) is 6.54 Å². The molecule has 1 N–H and O–H groups in total. The van der Waals surface area contributed by atoms with Crippen molar-refractivity contribution < 1.29 is 4.74 Å². The van der Waals surface area contributed by atoms with E-state index >= 15 is 0 Å². The molecule has 0 bridgehead atoms. The van der Waals surface area contributed by atoms with Crippen LogP contribution in [0.5, 0.6) is 5.75 Å². The normalized spacial score (nSPS) is 10.4. The fraction of sp³-hybridized carbons (Fsp3) is 0.214. The highest BCUT2D eigenvalue weighted by Crippen LogP contribution is 2.25. The lowest BCUT2D eigenvalue weighted by molar-refractivity contribution is 0.367. The average molecular weight is 228 g/mol. The molecule has 0 saturated heterocycles. The van der Waals surface area contributed by atoms with Crippen molar-refractivity contribution in [2.75, 3.05) is 13.7 Å². The van der Waals surface area contributed by atoms with E-state index in [1.165, 1.54) is 0 Å². The van der Waals surface area contributed by atoms with Crippen molar-refractivity contribution in [3.05, 3.63) is 48.7 Å². The predicted octanol–water partition coefficient (Wildman–Crippen LogP) is 2.52. The molecule has 0 aliphatic heterocycles. The molecule has 0 radical (unpaired) electrons. The van der Waals surface area contributed by atoms with Gasteiger partial charge in [-0.05, 0) is 19.2 Å². The monoisotopic (exact) mass is 228 g/mol. The summed E-state index contributed by atoms with van der Waals surface area (Å²) in [7, 11) is 1.90. The zero-order chi connectivity index (χ0) is 12.1. The smallest absolute Gasteiger partial charge is 0.131 e. The van der Waals surface area contributed by atoms with Gasteiger partial charge >= 0.3 is 0 Å². The maximum Gasteiger partial charge on any atom is 0.131 e. The quantitative estimate of drug-likeness (QED) is 0.798. The first-order chi connectivity index (χ1) is 8.35. The van der Waals surface area contributed by atoms with E-state index in [2.05, 4.69) is 16.9 Å². The Morgan fingerprint density at radius 1 is 1.41 bits per heavy atom. The molecule has 1 aromatic heterocycles. The van der Waals surface area contributed by atoms with Crippen molar-refractivity contribution in [3.63, 3.8) is 0 Å². The number of nitrogens with zero attached hydrogens (tertiary/aromatic N) is 1. The fourth-order valence-corrected chi connectivity index (χ4v) is 1.74. The summed E-state index contributed by atoms with van der Waals surface area (Å²) in [6, 6.07) is 9.96. The van der Waals surface area contributed by atoms with E-state index in [9.17, 15) is 0 Å². The maximum absolute atomic E-state index is 5.67. The van der Waals surface area contributed by atoms with Crippen LogP contribution in [0.3, 0.4) is 0 Å². The molecule has 17 heavy (non-hydrogen) atoms. The highest BCUT2D eigenvalue weighted by Gasteiger charge is 2.05. The fourth-order valence-electron chi connectivity index (χ4n) is 1.74. The molecule has 0 atom stereocenters. The second-order valence-corrected chi connectivity index (χ2v) is 3.76. The van der Waals surface area contributed by atoms with Gasteiger partial charge in [0, 0.05) is 18.0 Å². The van der Waals surface area contributed by atoms with Crippen molar-refractivity contribution in [3.8, 4) is 5.75 Å². The largest absolute Gasteiger partial charge is 0.489 e. The molecule has 0 saturated carbocycles. The first-order valence-corrected chi connectivity index (χ1v) is 5.62. The summed E-state index contributed by atoms with van der Waals surface area (Å²) in [5.74, 6) is 0.862. The van der Waals surface area contributed by atoms with E-state index in [-0.39, 0.29) is 0 Å². The second-order valence-electron chi connectivity index (χ2n) is 3.76. The minimum atomic E-state index is 0.507. The molecule has 0 aliphatic carbocycles. The number of fused-ring (bicyclic) bond motifs is 1. The van der Waals surface area contributed by atoms with Crippen LogP contribution in [0.1, 0.15) is 5.69 Å². The first-order valence-electron chi connectivity index (χ1n) is 5.62. The predicted molar refractivity (Wildman–Crippen MR) is 70.2 cm³/mol. The molecule has 88 valence electrons. The Morgan fingerprint density at radius 2 is 2.24 bits per heavy atom. The van der Waals surface area contributed by atoms with E-state index < -0.39 is 0 Å². The first kappa shape index (κ1) is 11.6. The number of hydrogen-bond donors (Lipinski definition) is 1. The molecule has 0 unspecified atom stereocenters. The van der Waals surface area contributed by atoms with E-state index in [4.69, 9.17) is 4.74 Å². The van der Waals surface area contributed by atoms with Crippen LogP contribution in [0.4, 0.5) is 0 Å². The van der Waals surface area contributed by atoms with E-state index in [1.807, 2.05) is 37.4 Å². The molecular formula is C14H16N2O. The summed E-state index contributed by atoms with van der Waals surface area (Å²) in [5.41, 5.74) is 1.93. The summed E-state index contributed by atoms with van der Waals surface area (Å²) < 4.78 is 5.67. The zero-order valence-electron chi connectivity index (χ0n) is 9.94. The summed E-state index contributed by atoms with van der Waals surface area (Å²) in [4.78, 5) is 4.57. The van der Waals surface area contributed by atoms with Crippen molar-refractivity contribution in [1.29, 1.82) is 0 Å². The van der Waals surface area contributed by atoms with Gasteiger partial charge in [0.15, 0.2) is 0 Å². The topological polar surface area (TPSA) is 34.1 Å². The number of benzene rings is 1. The van der Waals surface area contributed by atoms with Crippen LogP contribution < -0.4 is 10.1 Å². The number of nitrogens with one attached hydrogen (secondary N) is 1.